The van der Waals surface area contributed by atoms with Crippen LogP contribution in [0.25, 0.3) is 11.1 Å². The van der Waals surface area contributed by atoms with Crippen molar-refractivity contribution in [3.8, 4) is 11.1 Å². The van der Waals surface area contributed by atoms with Gasteiger partial charge < -0.3 is 20.6 Å². The van der Waals surface area contributed by atoms with Gasteiger partial charge in [0.15, 0.2) is 0 Å². The molecule has 0 aromatic heterocycles. The first-order chi connectivity index (χ1) is 17.2. The molecule has 0 fully saturated rings. The molecule has 0 aliphatic heterocycles. The van der Waals surface area contributed by atoms with E-state index in [0.29, 0.717) is 22.7 Å². The van der Waals surface area contributed by atoms with Gasteiger partial charge in [-0.2, -0.15) is 0 Å². The normalized spacial score (nSPS) is 11.0. The fraction of sp³-hybridized carbons (Fsp3) is 0.310. The van der Waals surface area contributed by atoms with E-state index in [2.05, 4.69) is 43.2 Å². The Labute approximate surface area is 212 Å². The van der Waals surface area contributed by atoms with Crippen molar-refractivity contribution in [2.24, 2.45) is 5.92 Å². The van der Waals surface area contributed by atoms with Crippen LogP contribution in [0.15, 0.2) is 66.7 Å². The van der Waals surface area contributed by atoms with Gasteiger partial charge >= 0.3 is 12.0 Å². The van der Waals surface area contributed by atoms with Gasteiger partial charge in [0.1, 0.15) is 5.82 Å². The van der Waals surface area contributed by atoms with E-state index in [-0.39, 0.29) is 17.3 Å². The van der Waals surface area contributed by atoms with E-state index in [1.165, 1.54) is 12.1 Å². The van der Waals surface area contributed by atoms with Crippen molar-refractivity contribution < 1.29 is 19.1 Å². The molecule has 0 bridgehead atoms. The van der Waals surface area contributed by atoms with Gasteiger partial charge in [-0.15, -0.1) is 0 Å². The molecular weight excluding hydrogens is 457 g/mol. The summed E-state index contributed by atoms with van der Waals surface area (Å²) in [5, 5.41) is 15.2. The van der Waals surface area contributed by atoms with Crippen LogP contribution in [0.3, 0.4) is 0 Å². The molecule has 0 aliphatic carbocycles. The number of nitrogens with one attached hydrogen (secondary N) is 2. The van der Waals surface area contributed by atoms with Crippen LogP contribution >= 0.6 is 0 Å². The minimum atomic E-state index is -1.03. The van der Waals surface area contributed by atoms with Gasteiger partial charge in [-0.05, 0) is 60.2 Å². The number of aromatic carboxylic acids is 1. The number of halogens is 1. The summed E-state index contributed by atoms with van der Waals surface area (Å²) in [7, 11) is 0. The van der Waals surface area contributed by atoms with Gasteiger partial charge in [0.25, 0.3) is 0 Å². The van der Waals surface area contributed by atoms with Crippen molar-refractivity contribution in [2.75, 3.05) is 22.1 Å². The van der Waals surface area contributed by atoms with Crippen molar-refractivity contribution in [3.05, 3.63) is 78.1 Å². The number of para-hydroxylation sites is 1. The number of rotatable bonds is 10. The van der Waals surface area contributed by atoms with Crippen LogP contribution in [0.5, 0.6) is 0 Å². The van der Waals surface area contributed by atoms with Crippen LogP contribution < -0.4 is 15.5 Å². The van der Waals surface area contributed by atoms with E-state index in [4.69, 9.17) is 0 Å². The van der Waals surface area contributed by atoms with Crippen LogP contribution in [0.2, 0.25) is 0 Å². The molecule has 3 rings (SSSR count). The molecule has 3 N–H and O–H groups in total. The number of hydrogen-bond acceptors (Lipinski definition) is 3. The number of hydrogen-bond donors (Lipinski definition) is 3. The molecule has 0 spiro atoms. The molecule has 0 heterocycles. The maximum absolute atomic E-state index is 14.1. The van der Waals surface area contributed by atoms with Gasteiger partial charge in [0.05, 0.1) is 22.6 Å². The summed E-state index contributed by atoms with van der Waals surface area (Å²) in [5.74, 6) is -1.19. The Hall–Kier alpha value is -3.87. The molecule has 0 radical (unpaired) electrons. The Morgan fingerprint density at radius 3 is 2.19 bits per heavy atom. The van der Waals surface area contributed by atoms with E-state index >= 15 is 0 Å². The summed E-state index contributed by atoms with van der Waals surface area (Å²) < 4.78 is 14.1. The topological polar surface area (TPSA) is 81.7 Å². The maximum Gasteiger partial charge on any atom is 0.336 e. The SMILES string of the molecule is CCC(CC)N(CC(C)C)c1ccc(-c2ccccc2C(=O)O)cc1NC(=O)Nc1ccccc1F. The number of amides is 2. The van der Waals surface area contributed by atoms with E-state index in [9.17, 15) is 19.1 Å². The zero-order valence-electron chi connectivity index (χ0n) is 21.2. The van der Waals surface area contributed by atoms with Gasteiger partial charge in [0.2, 0.25) is 0 Å². The first-order valence-corrected chi connectivity index (χ1v) is 12.3. The summed E-state index contributed by atoms with van der Waals surface area (Å²) in [6, 6.07) is 18.0. The number of carbonyl (C=O) groups is 2. The number of anilines is 3. The highest BCUT2D eigenvalue weighted by molar-refractivity contribution is 6.03. The highest BCUT2D eigenvalue weighted by Crippen LogP contribution is 2.35. The lowest BCUT2D eigenvalue weighted by molar-refractivity contribution is 0.0697. The average Bonchev–Trinajstić information content (AvgIpc) is 2.85. The first kappa shape index (κ1) is 26.7. The smallest absolute Gasteiger partial charge is 0.336 e. The highest BCUT2D eigenvalue weighted by atomic mass is 19.1. The Morgan fingerprint density at radius 2 is 1.56 bits per heavy atom. The molecule has 6 nitrogen and oxygen atoms in total. The number of carboxylic acids is 1. The predicted octanol–water partition coefficient (Wildman–Crippen LogP) is 7.49. The van der Waals surface area contributed by atoms with Gasteiger partial charge in [-0.3, -0.25) is 0 Å². The zero-order chi connectivity index (χ0) is 26.2. The third kappa shape index (κ3) is 6.42. The second-order valence-electron chi connectivity index (χ2n) is 9.16. The number of carbonyl (C=O) groups excluding carboxylic acids is 1. The largest absolute Gasteiger partial charge is 0.478 e. The molecule has 3 aromatic rings. The molecule has 0 aliphatic rings. The van der Waals surface area contributed by atoms with E-state index in [1.807, 2.05) is 12.1 Å². The predicted molar refractivity (Wildman–Crippen MR) is 144 cm³/mol. The maximum atomic E-state index is 14.1. The first-order valence-electron chi connectivity index (χ1n) is 12.3. The van der Waals surface area contributed by atoms with E-state index in [1.54, 1.807) is 42.5 Å². The summed E-state index contributed by atoms with van der Waals surface area (Å²) in [6.07, 6.45) is 1.85. The number of nitrogens with zero attached hydrogens (tertiary/aromatic N) is 1. The van der Waals surface area contributed by atoms with Crippen molar-refractivity contribution in [2.45, 2.75) is 46.6 Å². The molecule has 36 heavy (non-hydrogen) atoms. The summed E-state index contributed by atoms with van der Waals surface area (Å²) in [6.45, 7) is 9.34. The Morgan fingerprint density at radius 1 is 0.917 bits per heavy atom. The lowest BCUT2D eigenvalue weighted by Crippen LogP contribution is -2.38. The molecule has 2 amide bonds. The fourth-order valence-corrected chi connectivity index (χ4v) is 4.38. The number of urea groups is 1. The molecule has 3 aromatic carbocycles. The molecule has 7 heteroatoms. The molecule has 0 saturated carbocycles. The summed E-state index contributed by atoms with van der Waals surface area (Å²) in [5.41, 5.74) is 2.81. The van der Waals surface area contributed by atoms with Crippen molar-refractivity contribution in [1.29, 1.82) is 0 Å². The van der Waals surface area contributed by atoms with Crippen LogP contribution in [0.4, 0.5) is 26.2 Å². The summed E-state index contributed by atoms with van der Waals surface area (Å²) in [4.78, 5) is 27.1. The molecule has 190 valence electrons. The molecule has 0 atom stereocenters. The minimum Gasteiger partial charge on any atom is -0.478 e. The van der Waals surface area contributed by atoms with Crippen LogP contribution in [0.1, 0.15) is 50.9 Å². The third-order valence-corrected chi connectivity index (χ3v) is 6.09. The standard InChI is InChI=1S/C29H34FN3O3/c1-5-21(6-2)33(18-19(3)4)27-16-15-20(22-11-7-8-12-23(22)28(34)35)17-26(27)32-29(36)31-25-14-10-9-13-24(25)30/h7-17,19,21H,5-6,18H2,1-4H3,(H,34,35)(H2,31,32,36). The second-order valence-corrected chi connectivity index (χ2v) is 9.16. The monoisotopic (exact) mass is 491 g/mol. The van der Waals surface area contributed by atoms with Crippen molar-refractivity contribution in [3.63, 3.8) is 0 Å². The average molecular weight is 492 g/mol. The van der Waals surface area contributed by atoms with E-state index in [0.717, 1.165) is 25.1 Å². The number of benzene rings is 3. The van der Waals surface area contributed by atoms with Crippen molar-refractivity contribution >= 4 is 29.1 Å². The van der Waals surface area contributed by atoms with Crippen molar-refractivity contribution in [1.82, 2.24) is 0 Å². The Kier molecular flexibility index (Phi) is 9.06. The third-order valence-electron chi connectivity index (χ3n) is 6.09. The van der Waals surface area contributed by atoms with Crippen LogP contribution in [-0.4, -0.2) is 29.7 Å². The van der Waals surface area contributed by atoms with Gasteiger partial charge in [-0.25, -0.2) is 14.0 Å². The second kappa shape index (κ2) is 12.2. The van der Waals surface area contributed by atoms with Gasteiger partial charge in [-0.1, -0.05) is 64.1 Å². The van der Waals surface area contributed by atoms with E-state index < -0.39 is 17.8 Å². The van der Waals surface area contributed by atoms with Crippen LogP contribution in [-0.2, 0) is 0 Å². The highest BCUT2D eigenvalue weighted by Gasteiger charge is 2.22. The molecule has 0 unspecified atom stereocenters. The Balaban J connectivity index is 2.09. The van der Waals surface area contributed by atoms with Gasteiger partial charge in [0, 0.05) is 12.6 Å². The lowest BCUT2D eigenvalue weighted by Gasteiger charge is -2.35. The van der Waals surface area contributed by atoms with Crippen LogP contribution in [0, 0.1) is 11.7 Å². The Bertz CT molecular complexity index is 1210. The quantitative estimate of drug-likeness (QED) is 0.274. The molecule has 0 saturated heterocycles. The zero-order valence-corrected chi connectivity index (χ0v) is 21.2. The lowest BCUT2D eigenvalue weighted by atomic mass is 9.97. The minimum absolute atomic E-state index is 0.0722. The number of carboxylic acid groups (broad SMARTS) is 1. The fourth-order valence-electron chi connectivity index (χ4n) is 4.38. The molecular formula is C29H34FN3O3. The summed E-state index contributed by atoms with van der Waals surface area (Å²) >= 11 is 0.